The molecule has 0 aliphatic heterocycles. The molecule has 0 saturated carbocycles. The molecule has 0 amide bonds. The first-order valence-corrected chi connectivity index (χ1v) is 3.85. The first kappa shape index (κ1) is 9.43. The molecule has 7 heteroatoms. The van der Waals surface area contributed by atoms with Crippen molar-refractivity contribution in [2.75, 3.05) is 7.11 Å². The molecule has 0 unspecified atom stereocenters. The number of H-pyrrole nitrogens is 1. The monoisotopic (exact) mass is 185 g/mol. The van der Waals surface area contributed by atoms with Crippen molar-refractivity contribution in [2.24, 2.45) is 5.16 Å². The third-order valence-corrected chi connectivity index (χ3v) is 1.49. The Hall–Kier alpha value is -1.66. The molecule has 0 aliphatic carbocycles. The highest BCUT2D eigenvalue weighted by Crippen LogP contribution is 1.88. The minimum Gasteiger partial charge on any atom is -0.399 e. The Morgan fingerprint density at radius 2 is 2.54 bits per heavy atom. The van der Waals surface area contributed by atoms with Gasteiger partial charge in [0.1, 0.15) is 7.11 Å². The lowest BCUT2D eigenvalue weighted by Gasteiger charge is -1.99. The zero-order chi connectivity index (χ0) is 9.68. The fourth-order valence-electron chi connectivity index (χ4n) is 0.828. The fourth-order valence-corrected chi connectivity index (χ4v) is 0.828. The van der Waals surface area contributed by atoms with Crippen molar-refractivity contribution in [3.8, 4) is 0 Å². The molecule has 1 heterocycles. The normalized spacial score (nSPS) is 11.7. The third-order valence-electron chi connectivity index (χ3n) is 1.49. The average molecular weight is 185 g/mol. The lowest BCUT2D eigenvalue weighted by molar-refractivity contribution is 0.211. The van der Waals surface area contributed by atoms with Crippen LogP contribution in [0.1, 0.15) is 13.3 Å². The van der Waals surface area contributed by atoms with Crippen molar-refractivity contribution in [3.05, 3.63) is 10.5 Å². The molecule has 0 aliphatic rings. The zero-order valence-electron chi connectivity index (χ0n) is 7.52. The maximum atomic E-state index is 11.0. The molecule has 0 radical (unpaired) electrons. The van der Waals surface area contributed by atoms with E-state index in [0.717, 1.165) is 5.71 Å². The van der Waals surface area contributed by atoms with Crippen LogP contribution in [-0.2, 0) is 11.4 Å². The van der Waals surface area contributed by atoms with Crippen LogP contribution < -0.4 is 5.69 Å². The third kappa shape index (κ3) is 2.39. The van der Waals surface area contributed by atoms with E-state index in [2.05, 4.69) is 25.5 Å². The van der Waals surface area contributed by atoms with E-state index in [1.165, 1.54) is 11.8 Å². The molecule has 0 spiro atoms. The van der Waals surface area contributed by atoms with Crippen LogP contribution in [0, 0.1) is 0 Å². The van der Waals surface area contributed by atoms with Crippen molar-refractivity contribution in [3.63, 3.8) is 0 Å². The highest BCUT2D eigenvalue weighted by molar-refractivity contribution is 5.83. The Bertz CT molecular complexity index is 339. The van der Waals surface area contributed by atoms with Gasteiger partial charge in [-0.05, 0) is 16.8 Å². The number of rotatable bonds is 4. The van der Waals surface area contributed by atoms with E-state index in [1.54, 1.807) is 0 Å². The summed E-state index contributed by atoms with van der Waals surface area (Å²) >= 11 is 0. The van der Waals surface area contributed by atoms with Gasteiger partial charge in [-0.25, -0.2) is 9.89 Å². The standard InChI is InChI=1S/C6H11N5O2/c1-3-5(8-13-2)4-11-6(12)7-9-10-11/h3-4H2,1-2H3,(H,7,10,12). The minimum absolute atomic E-state index is 0.305. The van der Waals surface area contributed by atoms with Crippen molar-refractivity contribution < 1.29 is 4.84 Å². The number of oxime groups is 1. The number of nitrogens with one attached hydrogen (secondary N) is 1. The van der Waals surface area contributed by atoms with Gasteiger partial charge < -0.3 is 4.84 Å². The number of hydrogen-bond donors (Lipinski definition) is 1. The highest BCUT2D eigenvalue weighted by atomic mass is 16.6. The Morgan fingerprint density at radius 1 is 1.77 bits per heavy atom. The first-order chi connectivity index (χ1) is 6.27. The molecular formula is C6H11N5O2. The summed E-state index contributed by atoms with van der Waals surface area (Å²) < 4.78 is 1.18. The smallest absolute Gasteiger partial charge is 0.361 e. The van der Waals surface area contributed by atoms with Gasteiger partial charge >= 0.3 is 5.69 Å². The number of hydrogen-bond acceptors (Lipinski definition) is 5. The van der Waals surface area contributed by atoms with E-state index in [-0.39, 0.29) is 5.69 Å². The summed E-state index contributed by atoms with van der Waals surface area (Å²) in [6, 6.07) is 0. The molecule has 13 heavy (non-hydrogen) atoms. The molecule has 7 nitrogen and oxygen atoms in total. The lowest BCUT2D eigenvalue weighted by atomic mass is 10.3. The van der Waals surface area contributed by atoms with E-state index in [9.17, 15) is 4.79 Å². The molecule has 0 atom stereocenters. The van der Waals surface area contributed by atoms with Crippen LogP contribution in [0.25, 0.3) is 0 Å². The van der Waals surface area contributed by atoms with E-state index >= 15 is 0 Å². The molecule has 1 N–H and O–H groups in total. The summed E-state index contributed by atoms with van der Waals surface area (Å²) in [5.74, 6) is 0. The second-order valence-electron chi connectivity index (χ2n) is 2.36. The van der Waals surface area contributed by atoms with Gasteiger partial charge in [-0.1, -0.05) is 12.1 Å². The summed E-state index contributed by atoms with van der Waals surface area (Å²) in [7, 11) is 1.46. The summed E-state index contributed by atoms with van der Waals surface area (Å²) in [5, 5.41) is 12.8. The quantitative estimate of drug-likeness (QED) is 0.500. The van der Waals surface area contributed by atoms with E-state index in [4.69, 9.17) is 0 Å². The van der Waals surface area contributed by atoms with E-state index in [0.29, 0.717) is 13.0 Å². The fraction of sp³-hybridized carbons (Fsp3) is 0.667. The van der Waals surface area contributed by atoms with Crippen molar-refractivity contribution in [2.45, 2.75) is 19.9 Å². The van der Waals surface area contributed by atoms with Crippen LogP contribution in [0.5, 0.6) is 0 Å². The van der Waals surface area contributed by atoms with Gasteiger partial charge in [0.2, 0.25) is 0 Å². The van der Waals surface area contributed by atoms with Crippen molar-refractivity contribution >= 4 is 5.71 Å². The predicted octanol–water partition coefficient (Wildman–Crippen LogP) is -0.621. The first-order valence-electron chi connectivity index (χ1n) is 3.85. The number of aromatic amines is 1. The Morgan fingerprint density at radius 3 is 3.00 bits per heavy atom. The van der Waals surface area contributed by atoms with Crippen LogP contribution in [-0.4, -0.2) is 33.0 Å². The number of nitrogens with zero attached hydrogens (tertiary/aromatic N) is 4. The van der Waals surface area contributed by atoms with Gasteiger partial charge in [-0.2, -0.15) is 4.68 Å². The van der Waals surface area contributed by atoms with Crippen LogP contribution >= 0.6 is 0 Å². The van der Waals surface area contributed by atoms with Gasteiger partial charge in [0.05, 0.1) is 12.3 Å². The highest BCUT2D eigenvalue weighted by Gasteiger charge is 2.03. The largest absolute Gasteiger partial charge is 0.399 e. The predicted molar refractivity (Wildman–Crippen MR) is 45.4 cm³/mol. The van der Waals surface area contributed by atoms with Gasteiger partial charge in [0, 0.05) is 0 Å². The van der Waals surface area contributed by atoms with E-state index < -0.39 is 0 Å². The zero-order valence-corrected chi connectivity index (χ0v) is 7.52. The maximum absolute atomic E-state index is 11.0. The molecule has 0 saturated heterocycles. The average Bonchev–Trinajstić information content (AvgIpc) is 2.51. The van der Waals surface area contributed by atoms with Crippen molar-refractivity contribution in [1.82, 2.24) is 20.2 Å². The topological polar surface area (TPSA) is 85.2 Å². The number of aromatic nitrogens is 4. The Labute approximate surface area is 74.4 Å². The second kappa shape index (κ2) is 4.39. The molecule has 1 aromatic heterocycles. The summed E-state index contributed by atoms with van der Waals surface area (Å²) in [4.78, 5) is 15.6. The Balaban J connectivity index is 2.73. The van der Waals surface area contributed by atoms with Gasteiger partial charge in [-0.15, -0.1) is 0 Å². The van der Waals surface area contributed by atoms with Gasteiger partial charge in [0.25, 0.3) is 0 Å². The summed E-state index contributed by atoms with van der Waals surface area (Å²) in [6.45, 7) is 2.22. The minimum atomic E-state index is -0.350. The molecule has 0 fully saturated rings. The lowest BCUT2D eigenvalue weighted by Crippen LogP contribution is -2.22. The SMILES string of the molecule is CCC(Cn1nn[nH]c1=O)=NOC. The van der Waals surface area contributed by atoms with Crippen molar-refractivity contribution in [1.29, 1.82) is 0 Å². The summed E-state index contributed by atoms with van der Waals surface area (Å²) in [6.07, 6.45) is 0.702. The van der Waals surface area contributed by atoms with Gasteiger partial charge in [0.15, 0.2) is 0 Å². The van der Waals surface area contributed by atoms with Crippen LogP contribution in [0.4, 0.5) is 0 Å². The molecular weight excluding hydrogens is 174 g/mol. The second-order valence-corrected chi connectivity index (χ2v) is 2.36. The van der Waals surface area contributed by atoms with Crippen LogP contribution in [0.2, 0.25) is 0 Å². The van der Waals surface area contributed by atoms with E-state index in [1.807, 2.05) is 6.92 Å². The molecule has 1 aromatic rings. The van der Waals surface area contributed by atoms with Crippen LogP contribution in [0.15, 0.2) is 9.95 Å². The molecule has 1 rings (SSSR count). The summed E-state index contributed by atoms with van der Waals surface area (Å²) in [5.41, 5.74) is 0.385. The molecule has 0 bridgehead atoms. The van der Waals surface area contributed by atoms with Crippen LogP contribution in [0.3, 0.4) is 0 Å². The number of tetrazole rings is 1. The molecule has 0 aromatic carbocycles. The van der Waals surface area contributed by atoms with Gasteiger partial charge in [-0.3, -0.25) is 0 Å². The molecule has 72 valence electrons. The maximum Gasteiger partial charge on any atom is 0.361 e. The Kier molecular flexibility index (Phi) is 3.18.